The highest BCUT2D eigenvalue weighted by Crippen LogP contribution is 2.28. The quantitative estimate of drug-likeness (QED) is 0.919. The lowest BCUT2D eigenvalue weighted by Gasteiger charge is -2.13. The number of hydrogen-bond acceptors (Lipinski definition) is 6. The molecule has 0 radical (unpaired) electrons. The molecule has 2 aromatic rings. The molecule has 0 amide bonds. The molecule has 0 aromatic carbocycles. The Morgan fingerprint density at radius 3 is 2.89 bits per heavy atom. The van der Waals surface area contributed by atoms with Gasteiger partial charge in [-0.25, -0.2) is 0 Å². The maximum absolute atomic E-state index is 5.74. The van der Waals surface area contributed by atoms with Crippen LogP contribution in [0.5, 0.6) is 0 Å². The second-order valence-electron chi connectivity index (χ2n) is 5.35. The second kappa shape index (κ2) is 4.70. The van der Waals surface area contributed by atoms with Crippen LogP contribution in [-0.2, 0) is 6.54 Å². The molecule has 2 saturated heterocycles. The minimum atomic E-state index is 0.644. The van der Waals surface area contributed by atoms with Crippen LogP contribution in [-0.4, -0.2) is 41.3 Å². The van der Waals surface area contributed by atoms with Crippen LogP contribution < -0.4 is 5.32 Å². The van der Waals surface area contributed by atoms with Gasteiger partial charge < -0.3 is 9.73 Å². The molecule has 0 saturated carbocycles. The van der Waals surface area contributed by atoms with Crippen molar-refractivity contribution in [3.05, 3.63) is 23.4 Å². The normalized spacial score (nSPS) is 26.9. The maximum Gasteiger partial charge on any atom is 0.257 e. The van der Waals surface area contributed by atoms with Crippen LogP contribution in [0.15, 0.2) is 21.9 Å². The summed E-state index contributed by atoms with van der Waals surface area (Å²) < 4.78 is 5.74. The molecule has 0 bridgehead atoms. The molecule has 4 rings (SSSR count). The van der Waals surface area contributed by atoms with Crippen LogP contribution in [0.3, 0.4) is 0 Å². The minimum absolute atomic E-state index is 0.644. The summed E-state index contributed by atoms with van der Waals surface area (Å²) in [6.07, 6.45) is 0. The van der Waals surface area contributed by atoms with Gasteiger partial charge in [-0.3, -0.25) is 4.90 Å². The van der Waals surface area contributed by atoms with Gasteiger partial charge in [0.15, 0.2) is 0 Å². The van der Waals surface area contributed by atoms with Crippen molar-refractivity contribution in [3.63, 3.8) is 0 Å². The molecule has 1 N–H and O–H groups in total. The molecule has 0 spiro atoms. The largest absolute Gasteiger partial charge is 0.419 e. The molecule has 2 atom stereocenters. The van der Waals surface area contributed by atoms with E-state index < -0.39 is 0 Å². The molecule has 2 aromatic heterocycles. The molecule has 0 aliphatic carbocycles. The van der Waals surface area contributed by atoms with Crippen LogP contribution in [0.25, 0.3) is 10.8 Å². The summed E-state index contributed by atoms with van der Waals surface area (Å²) in [6, 6.07) is 4.01. The predicted octanol–water partition coefficient (Wildman–Crippen LogP) is 1.45. The highest BCUT2D eigenvalue weighted by atomic mass is 32.1. The molecular weight excluding hydrogens is 260 g/mol. The number of rotatable bonds is 3. The summed E-state index contributed by atoms with van der Waals surface area (Å²) in [5, 5.41) is 13.8. The van der Waals surface area contributed by atoms with E-state index in [1.54, 1.807) is 11.3 Å². The van der Waals surface area contributed by atoms with Gasteiger partial charge in [-0.1, -0.05) is 6.07 Å². The lowest BCUT2D eigenvalue weighted by Crippen LogP contribution is -2.25. The Labute approximate surface area is 115 Å². The number of fused-ring (bicyclic) bond motifs is 1. The minimum Gasteiger partial charge on any atom is -0.419 e. The van der Waals surface area contributed by atoms with E-state index in [4.69, 9.17) is 4.42 Å². The van der Waals surface area contributed by atoms with E-state index in [1.807, 2.05) is 17.5 Å². The van der Waals surface area contributed by atoms with E-state index >= 15 is 0 Å². The summed E-state index contributed by atoms with van der Waals surface area (Å²) in [7, 11) is 0. The van der Waals surface area contributed by atoms with E-state index in [9.17, 15) is 0 Å². The monoisotopic (exact) mass is 276 g/mol. The average Bonchev–Trinajstić information content (AvgIpc) is 3.12. The Hall–Kier alpha value is -1.24. The highest BCUT2D eigenvalue weighted by molar-refractivity contribution is 7.13. The van der Waals surface area contributed by atoms with Crippen LogP contribution in [0.1, 0.15) is 5.89 Å². The van der Waals surface area contributed by atoms with Crippen molar-refractivity contribution < 1.29 is 4.42 Å². The third-order valence-corrected chi connectivity index (χ3v) is 4.88. The van der Waals surface area contributed by atoms with Crippen molar-refractivity contribution in [2.75, 3.05) is 26.2 Å². The van der Waals surface area contributed by atoms with Crippen LogP contribution in [0, 0.1) is 11.8 Å². The first-order valence-corrected chi connectivity index (χ1v) is 7.56. The van der Waals surface area contributed by atoms with Crippen molar-refractivity contribution in [1.29, 1.82) is 0 Å². The topological polar surface area (TPSA) is 54.2 Å². The predicted molar refractivity (Wildman–Crippen MR) is 72.7 cm³/mol. The summed E-state index contributed by atoms with van der Waals surface area (Å²) >= 11 is 1.63. The van der Waals surface area contributed by atoms with Gasteiger partial charge in [0, 0.05) is 13.1 Å². The number of thiophene rings is 1. The van der Waals surface area contributed by atoms with Crippen molar-refractivity contribution in [1.82, 2.24) is 20.4 Å². The summed E-state index contributed by atoms with van der Waals surface area (Å²) in [5.74, 6) is 2.99. The molecule has 6 heteroatoms. The Kier molecular flexibility index (Phi) is 2.86. The summed E-state index contributed by atoms with van der Waals surface area (Å²) in [5.41, 5.74) is 0. The Morgan fingerprint density at radius 1 is 1.32 bits per heavy atom. The number of aromatic nitrogens is 2. The van der Waals surface area contributed by atoms with Gasteiger partial charge in [0.1, 0.15) is 0 Å². The van der Waals surface area contributed by atoms with Gasteiger partial charge in [0.05, 0.1) is 11.4 Å². The molecule has 2 aliphatic rings. The van der Waals surface area contributed by atoms with Gasteiger partial charge in [0.2, 0.25) is 5.89 Å². The van der Waals surface area contributed by atoms with Gasteiger partial charge in [0.25, 0.3) is 5.89 Å². The molecule has 19 heavy (non-hydrogen) atoms. The third kappa shape index (κ3) is 2.20. The standard InChI is InChI=1S/C13H16N4OS/c1-2-11(19-3-1)13-16-15-12(18-13)8-17-6-9-4-14-5-10(9)7-17/h1-3,9-10,14H,4-8H2. The molecule has 4 heterocycles. The molecular formula is C13H16N4OS. The van der Waals surface area contributed by atoms with Crippen LogP contribution in [0.2, 0.25) is 0 Å². The summed E-state index contributed by atoms with van der Waals surface area (Å²) in [4.78, 5) is 3.48. The fourth-order valence-electron chi connectivity index (χ4n) is 3.09. The number of hydrogen-bond donors (Lipinski definition) is 1. The SMILES string of the molecule is c1csc(-c2nnc(CN3CC4CNCC4C3)o2)c1. The summed E-state index contributed by atoms with van der Waals surface area (Å²) in [6.45, 7) is 5.39. The van der Waals surface area contributed by atoms with E-state index in [0.717, 1.165) is 55.3 Å². The third-order valence-electron chi connectivity index (χ3n) is 4.02. The Balaban J connectivity index is 1.44. The first-order chi connectivity index (χ1) is 9.38. The van der Waals surface area contributed by atoms with Gasteiger partial charge in [-0.05, 0) is 36.4 Å². The molecule has 2 fully saturated rings. The maximum atomic E-state index is 5.74. The van der Waals surface area contributed by atoms with E-state index in [-0.39, 0.29) is 0 Å². The van der Waals surface area contributed by atoms with E-state index in [1.165, 1.54) is 0 Å². The van der Waals surface area contributed by atoms with Gasteiger partial charge in [-0.15, -0.1) is 21.5 Å². The van der Waals surface area contributed by atoms with E-state index in [0.29, 0.717) is 5.89 Å². The van der Waals surface area contributed by atoms with E-state index in [2.05, 4.69) is 20.4 Å². The van der Waals surface area contributed by atoms with Crippen molar-refractivity contribution in [2.24, 2.45) is 11.8 Å². The fraction of sp³-hybridized carbons (Fsp3) is 0.538. The zero-order chi connectivity index (χ0) is 12.7. The fourth-order valence-corrected chi connectivity index (χ4v) is 3.73. The average molecular weight is 276 g/mol. The first kappa shape index (κ1) is 11.6. The first-order valence-electron chi connectivity index (χ1n) is 6.68. The van der Waals surface area contributed by atoms with Gasteiger partial charge >= 0.3 is 0 Å². The second-order valence-corrected chi connectivity index (χ2v) is 6.30. The number of nitrogens with zero attached hydrogens (tertiary/aromatic N) is 3. The van der Waals surface area contributed by atoms with Gasteiger partial charge in [-0.2, -0.15) is 0 Å². The van der Waals surface area contributed by atoms with Crippen LogP contribution in [0.4, 0.5) is 0 Å². The lowest BCUT2D eigenvalue weighted by molar-refractivity contribution is 0.273. The number of likely N-dealkylation sites (tertiary alicyclic amines) is 1. The molecule has 100 valence electrons. The smallest absolute Gasteiger partial charge is 0.257 e. The zero-order valence-corrected chi connectivity index (χ0v) is 11.4. The molecule has 2 unspecified atom stereocenters. The molecule has 5 nitrogen and oxygen atoms in total. The van der Waals surface area contributed by atoms with Crippen LogP contribution >= 0.6 is 11.3 Å². The molecule has 2 aliphatic heterocycles. The zero-order valence-electron chi connectivity index (χ0n) is 10.6. The lowest BCUT2D eigenvalue weighted by atomic mass is 10.0. The Bertz CT molecular complexity index is 541. The van der Waals surface area contributed by atoms with Crippen molar-refractivity contribution >= 4 is 11.3 Å². The number of nitrogens with one attached hydrogen (secondary N) is 1. The van der Waals surface area contributed by atoms with Crippen molar-refractivity contribution in [3.8, 4) is 10.8 Å². The van der Waals surface area contributed by atoms with Crippen molar-refractivity contribution in [2.45, 2.75) is 6.54 Å². The highest BCUT2D eigenvalue weighted by Gasteiger charge is 2.36. The Morgan fingerprint density at radius 2 is 2.16 bits per heavy atom.